The zero-order valence-corrected chi connectivity index (χ0v) is 21.4. The van der Waals surface area contributed by atoms with Crippen LogP contribution in [0.3, 0.4) is 0 Å². The molecule has 0 unspecified atom stereocenters. The molecule has 1 N–H and O–H groups in total. The van der Waals surface area contributed by atoms with E-state index in [1.54, 1.807) is 6.92 Å². The molecule has 8 heteroatoms. The van der Waals surface area contributed by atoms with E-state index in [1.807, 2.05) is 12.1 Å². The largest absolute Gasteiger partial charge is 0.433 e. The molecule has 0 bridgehead atoms. The average molecular weight is 492 g/mol. The van der Waals surface area contributed by atoms with Crippen LogP contribution in [0.5, 0.6) is 0 Å². The van der Waals surface area contributed by atoms with Crippen molar-refractivity contribution < 1.29 is 13.2 Å². The molecule has 0 spiro atoms. The number of nitrogens with one attached hydrogen (secondary N) is 1. The normalized spacial score (nSPS) is 19.5. The molecule has 2 aliphatic heterocycles. The van der Waals surface area contributed by atoms with Crippen LogP contribution < -0.4 is 10.2 Å². The third-order valence-corrected chi connectivity index (χ3v) is 6.90. The molecule has 194 valence electrons. The summed E-state index contributed by atoms with van der Waals surface area (Å²) in [5.74, 6) is 0. The van der Waals surface area contributed by atoms with Crippen molar-refractivity contribution in [3.63, 3.8) is 0 Å². The molecule has 2 saturated heterocycles. The van der Waals surface area contributed by atoms with E-state index in [2.05, 4.69) is 50.8 Å². The highest BCUT2D eigenvalue weighted by atomic mass is 19.4. The van der Waals surface area contributed by atoms with Gasteiger partial charge in [0.25, 0.3) is 0 Å². The molecule has 2 aliphatic rings. The molecule has 2 heterocycles. The summed E-state index contributed by atoms with van der Waals surface area (Å²) in [7, 11) is 2.08. The number of benzene rings is 1. The quantitative estimate of drug-likeness (QED) is 0.380. The predicted octanol–water partition coefficient (Wildman–Crippen LogP) is 5.21. The summed E-state index contributed by atoms with van der Waals surface area (Å²) in [6.45, 7) is 14.1. The minimum Gasteiger partial charge on any atom is -0.381 e. The Bertz CT molecular complexity index is 908. The number of piperazine rings is 1. The highest BCUT2D eigenvalue weighted by molar-refractivity contribution is 5.83. The van der Waals surface area contributed by atoms with E-state index in [-0.39, 0.29) is 11.3 Å². The Balaban J connectivity index is 1.63. The molecule has 3 rings (SSSR count). The van der Waals surface area contributed by atoms with Gasteiger partial charge in [0.1, 0.15) is 5.70 Å². The number of halogens is 3. The molecule has 0 atom stereocenters. The Morgan fingerprint density at radius 2 is 1.71 bits per heavy atom. The Morgan fingerprint density at radius 1 is 1.03 bits per heavy atom. The van der Waals surface area contributed by atoms with Crippen molar-refractivity contribution in [2.75, 3.05) is 57.8 Å². The third-order valence-electron chi connectivity index (χ3n) is 6.90. The number of allylic oxidation sites excluding steroid dienone is 2. The van der Waals surface area contributed by atoms with E-state index in [4.69, 9.17) is 0 Å². The fourth-order valence-electron chi connectivity index (χ4n) is 4.50. The third kappa shape index (κ3) is 8.39. The maximum atomic E-state index is 13.9. The van der Waals surface area contributed by atoms with Crippen molar-refractivity contribution in [2.45, 2.75) is 52.3 Å². The Hall–Kier alpha value is -2.32. The van der Waals surface area contributed by atoms with Gasteiger partial charge in [-0.2, -0.15) is 13.2 Å². The fraction of sp³-hybridized carbons (Fsp3) is 0.593. The smallest absolute Gasteiger partial charge is 0.381 e. The van der Waals surface area contributed by atoms with Crippen LogP contribution in [-0.2, 0) is 6.54 Å². The summed E-state index contributed by atoms with van der Waals surface area (Å²) < 4.78 is 41.7. The van der Waals surface area contributed by atoms with Gasteiger partial charge in [0.2, 0.25) is 0 Å². The number of nitrogens with zero attached hydrogens (tertiary/aromatic N) is 4. The Morgan fingerprint density at radius 3 is 2.37 bits per heavy atom. The molecule has 0 aromatic heterocycles. The van der Waals surface area contributed by atoms with Gasteiger partial charge in [-0.1, -0.05) is 18.7 Å². The van der Waals surface area contributed by atoms with Crippen LogP contribution in [0, 0.1) is 0 Å². The molecule has 5 nitrogen and oxygen atoms in total. The lowest BCUT2D eigenvalue weighted by Gasteiger charge is -2.32. The summed E-state index contributed by atoms with van der Waals surface area (Å²) in [4.78, 5) is 10.9. The summed E-state index contributed by atoms with van der Waals surface area (Å²) in [6.07, 6.45) is -0.377. The number of rotatable bonds is 9. The van der Waals surface area contributed by atoms with E-state index >= 15 is 0 Å². The highest BCUT2D eigenvalue weighted by Crippen LogP contribution is 2.31. The second-order valence-corrected chi connectivity index (χ2v) is 9.76. The lowest BCUT2D eigenvalue weighted by molar-refractivity contribution is -0.0930. The molecule has 0 radical (unpaired) electrons. The Kier molecular flexibility index (Phi) is 9.80. The Labute approximate surface area is 208 Å². The molecular weight excluding hydrogens is 451 g/mol. The standard InChI is InChI=1S/C27H40F3N5/c1-21(11-14-34-17-15-33(4)16-18-34)32-26(27(28,29)30)22(2)23(3)31-20-24-9-8-10-25(19-24)35-12-6-5-7-13-35/h8-10,19,31H,3,5-7,11-18,20H2,1-2,4H3/b26-22+,32-21?. The van der Waals surface area contributed by atoms with Crippen molar-refractivity contribution in [3.05, 3.63) is 53.4 Å². The SMILES string of the molecule is C=C(NCc1cccc(N2CCCCC2)c1)/C(C)=C(/N=C(C)CCN1CCN(C)CC1)C(F)(F)F. The molecule has 1 aromatic rings. The number of alkyl halides is 3. The molecular formula is C27H40F3N5. The van der Waals surface area contributed by atoms with Crippen LogP contribution in [0.15, 0.2) is 52.8 Å². The minimum atomic E-state index is -4.54. The van der Waals surface area contributed by atoms with E-state index in [0.29, 0.717) is 18.7 Å². The lowest BCUT2D eigenvalue weighted by atomic mass is 10.1. The van der Waals surface area contributed by atoms with Crippen LogP contribution in [0.4, 0.5) is 18.9 Å². The molecule has 0 amide bonds. The lowest BCUT2D eigenvalue weighted by Crippen LogP contribution is -2.44. The number of aliphatic imine (C=N–C) groups is 1. The molecule has 2 fully saturated rings. The van der Waals surface area contributed by atoms with Crippen LogP contribution in [-0.4, -0.2) is 74.5 Å². The minimum absolute atomic E-state index is 0.0311. The molecule has 0 saturated carbocycles. The van der Waals surface area contributed by atoms with Gasteiger partial charge in [0, 0.05) is 75.0 Å². The van der Waals surface area contributed by atoms with E-state index in [1.165, 1.54) is 31.9 Å². The van der Waals surface area contributed by atoms with Gasteiger partial charge in [0.05, 0.1) is 0 Å². The summed E-state index contributed by atoms with van der Waals surface area (Å²) in [5.41, 5.74) is 2.08. The zero-order chi connectivity index (χ0) is 25.4. The fourth-order valence-corrected chi connectivity index (χ4v) is 4.50. The maximum Gasteiger partial charge on any atom is 0.433 e. The topological polar surface area (TPSA) is 34.1 Å². The number of anilines is 1. The number of piperidine rings is 1. The van der Waals surface area contributed by atoms with E-state index < -0.39 is 11.9 Å². The van der Waals surface area contributed by atoms with Crippen LogP contribution >= 0.6 is 0 Å². The van der Waals surface area contributed by atoms with Crippen molar-refractivity contribution in [3.8, 4) is 0 Å². The van der Waals surface area contributed by atoms with Gasteiger partial charge in [-0.3, -0.25) is 4.99 Å². The van der Waals surface area contributed by atoms with E-state index in [9.17, 15) is 13.2 Å². The molecule has 0 aliphatic carbocycles. The summed E-state index contributed by atoms with van der Waals surface area (Å²) in [6, 6.07) is 8.19. The number of hydrogen-bond donors (Lipinski definition) is 1. The zero-order valence-electron chi connectivity index (χ0n) is 21.4. The molecule has 35 heavy (non-hydrogen) atoms. The van der Waals surface area contributed by atoms with Crippen molar-refractivity contribution >= 4 is 11.4 Å². The first-order chi connectivity index (χ1) is 16.6. The summed E-state index contributed by atoms with van der Waals surface area (Å²) >= 11 is 0. The van der Waals surface area contributed by atoms with Crippen molar-refractivity contribution in [2.24, 2.45) is 4.99 Å². The van der Waals surface area contributed by atoms with Crippen LogP contribution in [0.1, 0.15) is 45.1 Å². The predicted molar refractivity (Wildman–Crippen MR) is 139 cm³/mol. The van der Waals surface area contributed by atoms with Gasteiger partial charge >= 0.3 is 6.18 Å². The van der Waals surface area contributed by atoms with Gasteiger partial charge in [-0.15, -0.1) is 0 Å². The first-order valence-corrected chi connectivity index (χ1v) is 12.6. The first-order valence-electron chi connectivity index (χ1n) is 12.6. The summed E-state index contributed by atoms with van der Waals surface area (Å²) in [5, 5.41) is 3.09. The van der Waals surface area contributed by atoms with Gasteiger partial charge in [0.15, 0.2) is 0 Å². The van der Waals surface area contributed by atoms with Gasteiger partial charge in [-0.05, 0) is 64.3 Å². The monoisotopic (exact) mass is 491 g/mol. The van der Waals surface area contributed by atoms with Crippen molar-refractivity contribution in [1.82, 2.24) is 15.1 Å². The maximum absolute atomic E-state index is 13.9. The highest BCUT2D eigenvalue weighted by Gasteiger charge is 2.36. The number of hydrogen-bond acceptors (Lipinski definition) is 5. The average Bonchev–Trinajstić information content (AvgIpc) is 2.85. The van der Waals surface area contributed by atoms with Gasteiger partial charge < -0.3 is 20.0 Å². The second-order valence-electron chi connectivity index (χ2n) is 9.76. The molecule has 1 aromatic carbocycles. The first kappa shape index (κ1) is 27.3. The van der Waals surface area contributed by atoms with Crippen LogP contribution in [0.2, 0.25) is 0 Å². The van der Waals surface area contributed by atoms with Crippen LogP contribution in [0.25, 0.3) is 0 Å². The second kappa shape index (κ2) is 12.6. The van der Waals surface area contributed by atoms with Crippen molar-refractivity contribution in [1.29, 1.82) is 0 Å². The van der Waals surface area contributed by atoms with Gasteiger partial charge in [-0.25, -0.2) is 0 Å². The van der Waals surface area contributed by atoms with E-state index in [0.717, 1.165) is 51.4 Å². The number of likely N-dealkylation sites (N-methyl/N-ethyl adjacent to an activating group) is 1.